The molecule has 11 heteroatoms. The van der Waals surface area contributed by atoms with Gasteiger partial charge in [-0.15, -0.1) is 0 Å². The predicted molar refractivity (Wildman–Crippen MR) is 182 cm³/mol. The van der Waals surface area contributed by atoms with Gasteiger partial charge >= 0.3 is 18.2 Å². The summed E-state index contributed by atoms with van der Waals surface area (Å²) in [6.07, 6.45) is 2.87. The van der Waals surface area contributed by atoms with E-state index in [2.05, 4.69) is 5.32 Å². The van der Waals surface area contributed by atoms with Crippen molar-refractivity contribution < 1.29 is 38.1 Å². The number of esters is 1. The number of likely N-dealkylation sites (tertiary alicyclic amines) is 1. The van der Waals surface area contributed by atoms with Crippen LogP contribution < -0.4 is 5.32 Å². The Morgan fingerprint density at radius 1 is 0.796 bits per heavy atom. The number of nitrogens with zero attached hydrogens (tertiary/aromatic N) is 1. The Bertz CT molecular complexity index is 1580. The molecule has 3 aromatic rings. The van der Waals surface area contributed by atoms with Crippen molar-refractivity contribution in [3.8, 4) is 11.1 Å². The molecule has 1 aliphatic heterocycles. The van der Waals surface area contributed by atoms with Crippen LogP contribution in [0.1, 0.15) is 73.4 Å². The second kappa shape index (κ2) is 17.3. The molecule has 1 unspecified atom stereocenters. The van der Waals surface area contributed by atoms with Gasteiger partial charge in [0.05, 0.1) is 6.61 Å². The van der Waals surface area contributed by atoms with Crippen LogP contribution in [-0.4, -0.2) is 66.8 Å². The van der Waals surface area contributed by atoms with Crippen LogP contribution in [0.4, 0.5) is 9.59 Å². The number of hydrogen-bond acceptors (Lipinski definition) is 9. The maximum absolute atomic E-state index is 13.4. The van der Waals surface area contributed by atoms with Crippen molar-refractivity contribution in [3.05, 3.63) is 95.6 Å². The lowest BCUT2D eigenvalue weighted by Crippen LogP contribution is -2.45. The van der Waals surface area contributed by atoms with E-state index in [0.29, 0.717) is 37.1 Å². The van der Waals surface area contributed by atoms with E-state index in [4.69, 9.17) is 24.4 Å². The van der Waals surface area contributed by atoms with Gasteiger partial charge in [0, 0.05) is 30.1 Å². The number of amidine groups is 1. The number of rotatable bonds is 10. The molecule has 0 aromatic heterocycles. The molecule has 0 spiro atoms. The third-order valence-electron chi connectivity index (χ3n) is 8.89. The zero-order chi connectivity index (χ0) is 34.6. The van der Waals surface area contributed by atoms with Crippen molar-refractivity contribution in [1.82, 2.24) is 10.2 Å². The molecule has 5 rings (SSSR count). The summed E-state index contributed by atoms with van der Waals surface area (Å²) in [5, 5.41) is 10.7. The molecular weight excluding hydrogens is 626 g/mol. The smallest absolute Gasteiger partial charge is 0.463 e. The van der Waals surface area contributed by atoms with Gasteiger partial charge < -0.3 is 23.8 Å². The van der Waals surface area contributed by atoms with Gasteiger partial charge in [-0.2, -0.15) is 0 Å². The van der Waals surface area contributed by atoms with Crippen LogP contribution in [0.25, 0.3) is 11.1 Å². The molecule has 1 saturated heterocycles. The summed E-state index contributed by atoms with van der Waals surface area (Å²) >= 11 is 0. The first kappa shape index (κ1) is 35.1. The highest BCUT2D eigenvalue weighted by Crippen LogP contribution is 2.28. The molecule has 49 heavy (non-hydrogen) atoms. The summed E-state index contributed by atoms with van der Waals surface area (Å²) in [4.78, 5) is 52.6. The molecule has 2 amide bonds. The van der Waals surface area contributed by atoms with Crippen molar-refractivity contribution in [2.75, 3.05) is 19.7 Å². The first-order valence-electron chi connectivity index (χ1n) is 16.9. The minimum atomic E-state index is -1.08. The molecule has 3 aromatic carbocycles. The molecule has 1 saturated carbocycles. The lowest BCUT2D eigenvalue weighted by molar-refractivity contribution is -0.159. The first-order valence-corrected chi connectivity index (χ1v) is 16.9. The molecule has 0 bridgehead atoms. The molecule has 0 radical (unpaired) electrons. The molecule has 11 nitrogen and oxygen atoms in total. The number of amides is 2. The van der Waals surface area contributed by atoms with Gasteiger partial charge in [0.1, 0.15) is 18.5 Å². The number of ether oxygens (including phenoxy) is 4. The van der Waals surface area contributed by atoms with Gasteiger partial charge in [-0.1, -0.05) is 73.2 Å². The topological polar surface area (TPSA) is 144 Å². The van der Waals surface area contributed by atoms with Gasteiger partial charge in [0.2, 0.25) is 6.10 Å². The SMILES string of the molecule is CCOC(=O)C(OC(=O)OC1CCCCC1)C1CCN(C(=O)c2ccc(-c3ccc(C(=N)NC(=O)OCc4ccccc4)cc3)cc2)CC1. The Balaban J connectivity index is 1.11. The summed E-state index contributed by atoms with van der Waals surface area (Å²) in [5.74, 6) is -1.08. The Hall–Kier alpha value is -5.19. The summed E-state index contributed by atoms with van der Waals surface area (Å²) in [5.41, 5.74) is 3.68. The molecular formula is C38H43N3O8. The monoisotopic (exact) mass is 669 g/mol. The average molecular weight is 670 g/mol. The molecule has 2 fully saturated rings. The van der Waals surface area contributed by atoms with Crippen LogP contribution in [0.15, 0.2) is 78.9 Å². The van der Waals surface area contributed by atoms with E-state index in [1.165, 1.54) is 0 Å². The van der Waals surface area contributed by atoms with Crippen molar-refractivity contribution in [3.63, 3.8) is 0 Å². The molecule has 2 N–H and O–H groups in total. The minimum absolute atomic E-state index is 0.0751. The van der Waals surface area contributed by atoms with E-state index in [0.717, 1.165) is 48.8 Å². The Morgan fingerprint density at radius 3 is 2.02 bits per heavy atom. The van der Waals surface area contributed by atoms with E-state index < -0.39 is 24.3 Å². The van der Waals surface area contributed by atoms with Crippen LogP contribution in [0.2, 0.25) is 0 Å². The predicted octanol–water partition coefficient (Wildman–Crippen LogP) is 6.88. The fraction of sp³-hybridized carbons (Fsp3) is 0.395. The summed E-state index contributed by atoms with van der Waals surface area (Å²) in [6.45, 7) is 2.79. The highest BCUT2D eigenvalue weighted by Gasteiger charge is 2.37. The highest BCUT2D eigenvalue weighted by atomic mass is 16.7. The van der Waals surface area contributed by atoms with Crippen LogP contribution in [0.3, 0.4) is 0 Å². The van der Waals surface area contributed by atoms with E-state index >= 15 is 0 Å². The van der Waals surface area contributed by atoms with E-state index in [1.54, 1.807) is 36.1 Å². The quantitative estimate of drug-likeness (QED) is 0.103. The van der Waals surface area contributed by atoms with Crippen LogP contribution in [0.5, 0.6) is 0 Å². The number of carbonyl (C=O) groups is 4. The third-order valence-corrected chi connectivity index (χ3v) is 8.89. The summed E-state index contributed by atoms with van der Waals surface area (Å²) < 4.78 is 21.4. The van der Waals surface area contributed by atoms with Gasteiger partial charge in [0.15, 0.2) is 0 Å². The largest absolute Gasteiger partial charge is 0.509 e. The lowest BCUT2D eigenvalue weighted by Gasteiger charge is -2.35. The fourth-order valence-electron chi connectivity index (χ4n) is 6.17. The average Bonchev–Trinajstić information content (AvgIpc) is 3.14. The van der Waals surface area contributed by atoms with Crippen LogP contribution in [-0.2, 0) is 30.3 Å². The Morgan fingerprint density at radius 2 is 1.41 bits per heavy atom. The fourth-order valence-corrected chi connectivity index (χ4v) is 6.17. The standard InChI is InChI=1S/C38H43N3O8/c1-2-46-36(43)33(49-38(45)48-32-11-7-4-8-12-32)29-21-23-41(24-22-29)35(42)31-19-15-28(16-20-31)27-13-17-30(18-14-27)34(39)40-37(44)47-25-26-9-5-3-6-10-26/h3,5-6,9-10,13-20,29,32-33H,2,4,7-8,11-12,21-25H2,1H3,(H2,39,40,44). The Labute approximate surface area is 286 Å². The van der Waals surface area contributed by atoms with Gasteiger partial charge in [-0.3, -0.25) is 15.5 Å². The number of alkyl carbamates (subject to hydrolysis) is 1. The first-order chi connectivity index (χ1) is 23.8. The van der Waals surface area contributed by atoms with E-state index in [9.17, 15) is 19.2 Å². The summed E-state index contributed by atoms with van der Waals surface area (Å²) in [7, 11) is 0. The van der Waals surface area contributed by atoms with Crippen molar-refractivity contribution in [2.45, 2.75) is 70.7 Å². The highest BCUT2D eigenvalue weighted by molar-refractivity contribution is 6.04. The number of carbonyl (C=O) groups excluding carboxylic acids is 4. The van der Waals surface area contributed by atoms with E-state index in [1.807, 2.05) is 54.6 Å². The van der Waals surface area contributed by atoms with Crippen LogP contribution in [0, 0.1) is 11.3 Å². The summed E-state index contributed by atoms with van der Waals surface area (Å²) in [6, 6.07) is 23.7. The molecule has 1 aliphatic carbocycles. The molecule has 1 heterocycles. The van der Waals surface area contributed by atoms with Crippen molar-refractivity contribution >= 4 is 30.0 Å². The van der Waals surface area contributed by atoms with Gasteiger partial charge in [-0.05, 0) is 74.3 Å². The second-order valence-corrected chi connectivity index (χ2v) is 12.3. The zero-order valence-corrected chi connectivity index (χ0v) is 27.7. The number of piperidine rings is 1. The zero-order valence-electron chi connectivity index (χ0n) is 27.7. The minimum Gasteiger partial charge on any atom is -0.463 e. The van der Waals surface area contributed by atoms with Gasteiger partial charge in [0.25, 0.3) is 5.91 Å². The second-order valence-electron chi connectivity index (χ2n) is 12.3. The maximum Gasteiger partial charge on any atom is 0.509 e. The number of hydrogen-bond donors (Lipinski definition) is 2. The van der Waals surface area contributed by atoms with Crippen molar-refractivity contribution in [2.24, 2.45) is 5.92 Å². The van der Waals surface area contributed by atoms with E-state index in [-0.39, 0.29) is 37.0 Å². The number of benzene rings is 3. The van der Waals surface area contributed by atoms with Crippen LogP contribution >= 0.6 is 0 Å². The maximum atomic E-state index is 13.4. The molecule has 1 atom stereocenters. The number of nitrogens with one attached hydrogen (secondary N) is 2. The molecule has 258 valence electrons. The molecule has 2 aliphatic rings. The van der Waals surface area contributed by atoms with Crippen molar-refractivity contribution in [1.29, 1.82) is 5.41 Å². The normalized spacial score (nSPS) is 15.8. The van der Waals surface area contributed by atoms with Gasteiger partial charge in [-0.25, -0.2) is 14.4 Å². The lowest BCUT2D eigenvalue weighted by atomic mass is 9.90. The Kier molecular flexibility index (Phi) is 12.4. The third kappa shape index (κ3) is 9.91.